The average Bonchev–Trinajstić information content (AvgIpc) is 3.16. The number of amides is 1. The Labute approximate surface area is 161 Å². The fraction of sp³-hybridized carbons (Fsp3) is 0.682. The fourth-order valence-electron chi connectivity index (χ4n) is 5.24. The number of rotatable bonds is 3. The second kappa shape index (κ2) is 7.44. The van der Waals surface area contributed by atoms with Gasteiger partial charge in [-0.15, -0.1) is 0 Å². The second-order valence-electron chi connectivity index (χ2n) is 8.45. The van der Waals surface area contributed by atoms with Gasteiger partial charge in [0.25, 0.3) is 5.91 Å². The van der Waals surface area contributed by atoms with Crippen LogP contribution in [-0.4, -0.2) is 54.9 Å². The van der Waals surface area contributed by atoms with Gasteiger partial charge in [-0.05, 0) is 67.7 Å². The van der Waals surface area contributed by atoms with Crippen molar-refractivity contribution in [2.24, 2.45) is 11.8 Å². The maximum absolute atomic E-state index is 13.3. The van der Waals surface area contributed by atoms with Gasteiger partial charge in [-0.2, -0.15) is 0 Å². The summed E-state index contributed by atoms with van der Waals surface area (Å²) in [6.07, 6.45) is 5.71. The molecule has 0 aromatic heterocycles. The topological polar surface area (TPSA) is 59.0 Å². The quantitative estimate of drug-likeness (QED) is 0.885. The van der Waals surface area contributed by atoms with Crippen molar-refractivity contribution in [1.29, 1.82) is 0 Å². The number of methoxy groups -OCH3 is 1. The van der Waals surface area contributed by atoms with Crippen molar-refractivity contribution in [3.63, 3.8) is 0 Å². The summed E-state index contributed by atoms with van der Waals surface area (Å²) in [5.74, 6) is 1.03. The molecule has 27 heavy (non-hydrogen) atoms. The average molecular weight is 373 g/mol. The number of nitrogens with zero attached hydrogens (tertiary/aromatic N) is 1. The Morgan fingerprint density at radius 2 is 1.96 bits per heavy atom. The molecule has 1 amide bonds. The third-order valence-electron chi connectivity index (χ3n) is 6.99. The molecule has 2 fully saturated rings. The Kier molecular flexibility index (Phi) is 5.17. The van der Waals surface area contributed by atoms with Crippen LogP contribution in [0, 0.1) is 11.8 Å². The van der Waals surface area contributed by atoms with Crippen molar-refractivity contribution in [2.75, 3.05) is 33.4 Å². The van der Waals surface area contributed by atoms with Crippen molar-refractivity contribution in [2.45, 2.75) is 51.0 Å². The third kappa shape index (κ3) is 3.36. The first kappa shape index (κ1) is 18.8. The van der Waals surface area contributed by atoms with Gasteiger partial charge in [0.05, 0.1) is 18.3 Å². The van der Waals surface area contributed by atoms with Crippen LogP contribution in [0.15, 0.2) is 12.1 Å². The number of likely N-dealkylation sites (tertiary alicyclic amines) is 1. The number of ether oxygens (including phenoxy) is 2. The van der Waals surface area contributed by atoms with Gasteiger partial charge in [0.15, 0.2) is 0 Å². The van der Waals surface area contributed by atoms with E-state index in [1.54, 1.807) is 7.11 Å². The Morgan fingerprint density at radius 1 is 1.26 bits per heavy atom. The van der Waals surface area contributed by atoms with Crippen molar-refractivity contribution >= 4 is 5.91 Å². The van der Waals surface area contributed by atoms with Gasteiger partial charge in [0, 0.05) is 32.2 Å². The number of fused-ring (bicyclic) bond motifs is 1. The van der Waals surface area contributed by atoms with Gasteiger partial charge in [-0.1, -0.05) is 6.92 Å². The Morgan fingerprint density at radius 3 is 2.63 bits per heavy atom. The van der Waals surface area contributed by atoms with Gasteiger partial charge in [0.1, 0.15) is 5.75 Å². The standard InChI is InChI=1S/C22H31NO4/c1-15-14-23(9-8-22(15,25)18-6-10-27-11-7-18)21(24)19-12-16-4-3-5-17(16)13-20(19)26-2/h12-13,15,18,25H,3-11,14H2,1-2H3/t15?,22-/m0/s1. The van der Waals surface area contributed by atoms with Gasteiger partial charge in [-0.25, -0.2) is 0 Å². The van der Waals surface area contributed by atoms with Crippen molar-refractivity contribution in [3.8, 4) is 5.75 Å². The van der Waals surface area contributed by atoms with Crippen LogP contribution in [0.4, 0.5) is 0 Å². The minimum atomic E-state index is -0.692. The summed E-state index contributed by atoms with van der Waals surface area (Å²) in [5.41, 5.74) is 2.57. The highest BCUT2D eigenvalue weighted by Crippen LogP contribution is 2.40. The number of benzene rings is 1. The Hall–Kier alpha value is -1.59. The van der Waals surface area contributed by atoms with Crippen LogP contribution < -0.4 is 4.74 Å². The summed E-state index contributed by atoms with van der Waals surface area (Å²) in [7, 11) is 1.64. The zero-order valence-corrected chi connectivity index (χ0v) is 16.5. The number of aliphatic hydroxyl groups is 1. The van der Waals surface area contributed by atoms with Crippen LogP contribution in [-0.2, 0) is 17.6 Å². The molecule has 2 atom stereocenters. The van der Waals surface area contributed by atoms with Gasteiger partial charge in [-0.3, -0.25) is 4.79 Å². The summed E-state index contributed by atoms with van der Waals surface area (Å²) in [5, 5.41) is 11.3. The molecule has 1 aliphatic carbocycles. The summed E-state index contributed by atoms with van der Waals surface area (Å²) in [6.45, 7) is 4.72. The molecule has 2 saturated heterocycles. The maximum atomic E-state index is 13.3. The lowest BCUT2D eigenvalue weighted by atomic mass is 9.70. The molecular formula is C22H31NO4. The van der Waals surface area contributed by atoms with Crippen LogP contribution in [0.25, 0.3) is 0 Å². The van der Waals surface area contributed by atoms with Crippen molar-refractivity contribution < 1.29 is 19.4 Å². The highest BCUT2D eigenvalue weighted by molar-refractivity contribution is 5.97. The van der Waals surface area contributed by atoms with E-state index in [1.807, 2.05) is 17.0 Å². The normalized spacial score (nSPS) is 28.9. The van der Waals surface area contributed by atoms with Crippen molar-refractivity contribution in [3.05, 3.63) is 28.8 Å². The van der Waals surface area contributed by atoms with Crippen LogP contribution in [0.5, 0.6) is 5.75 Å². The molecule has 1 aromatic rings. The predicted octanol–water partition coefficient (Wildman–Crippen LogP) is 2.82. The molecule has 2 heterocycles. The number of carbonyl (C=O) groups excluding carboxylic acids is 1. The Balaban J connectivity index is 1.51. The molecule has 1 N–H and O–H groups in total. The van der Waals surface area contributed by atoms with Crippen LogP contribution >= 0.6 is 0 Å². The van der Waals surface area contributed by atoms with E-state index in [2.05, 4.69) is 6.92 Å². The van der Waals surface area contributed by atoms with Crippen LogP contribution in [0.3, 0.4) is 0 Å². The summed E-state index contributed by atoms with van der Waals surface area (Å²) in [4.78, 5) is 15.2. The molecule has 5 heteroatoms. The molecule has 1 aromatic carbocycles. The van der Waals surface area contributed by atoms with Crippen molar-refractivity contribution in [1.82, 2.24) is 4.90 Å². The summed E-state index contributed by atoms with van der Waals surface area (Å²) < 4.78 is 11.0. The molecule has 0 radical (unpaired) electrons. The minimum absolute atomic E-state index is 0.0300. The summed E-state index contributed by atoms with van der Waals surface area (Å²) >= 11 is 0. The van der Waals surface area contributed by atoms with E-state index >= 15 is 0 Å². The summed E-state index contributed by atoms with van der Waals surface area (Å²) in [6, 6.07) is 4.08. The highest BCUT2D eigenvalue weighted by Gasteiger charge is 2.46. The first-order valence-electron chi connectivity index (χ1n) is 10.3. The molecular weight excluding hydrogens is 342 g/mol. The fourth-order valence-corrected chi connectivity index (χ4v) is 5.24. The van der Waals surface area contributed by atoms with Gasteiger partial charge >= 0.3 is 0 Å². The van der Waals surface area contributed by atoms with Crippen LogP contribution in [0.1, 0.15) is 54.1 Å². The first-order chi connectivity index (χ1) is 13.0. The molecule has 0 bridgehead atoms. The molecule has 1 unspecified atom stereocenters. The smallest absolute Gasteiger partial charge is 0.257 e. The maximum Gasteiger partial charge on any atom is 0.257 e. The minimum Gasteiger partial charge on any atom is -0.496 e. The molecule has 0 saturated carbocycles. The Bertz CT molecular complexity index is 713. The molecule has 5 nitrogen and oxygen atoms in total. The zero-order chi connectivity index (χ0) is 19.0. The SMILES string of the molecule is COc1cc2c(cc1C(=O)N1CC[C@@](O)(C3CCOCC3)C(C)C1)CCC2. The zero-order valence-electron chi connectivity index (χ0n) is 16.5. The molecule has 0 spiro atoms. The number of hydrogen-bond acceptors (Lipinski definition) is 4. The largest absolute Gasteiger partial charge is 0.496 e. The second-order valence-corrected chi connectivity index (χ2v) is 8.45. The number of hydrogen-bond donors (Lipinski definition) is 1. The lowest BCUT2D eigenvalue weighted by molar-refractivity contribution is -0.125. The van der Waals surface area contributed by atoms with Crippen LogP contribution in [0.2, 0.25) is 0 Å². The highest BCUT2D eigenvalue weighted by atomic mass is 16.5. The van der Waals surface area contributed by atoms with Gasteiger partial charge < -0.3 is 19.5 Å². The molecule has 3 aliphatic rings. The van der Waals surface area contributed by atoms with E-state index in [9.17, 15) is 9.90 Å². The number of piperidine rings is 1. The van der Waals surface area contributed by atoms with Gasteiger partial charge in [0.2, 0.25) is 0 Å². The third-order valence-corrected chi connectivity index (χ3v) is 6.99. The van der Waals surface area contributed by atoms with E-state index in [0.29, 0.717) is 30.8 Å². The van der Waals surface area contributed by atoms with E-state index in [4.69, 9.17) is 9.47 Å². The van der Waals surface area contributed by atoms with E-state index < -0.39 is 5.60 Å². The molecule has 148 valence electrons. The first-order valence-corrected chi connectivity index (χ1v) is 10.3. The molecule has 2 aliphatic heterocycles. The number of carbonyl (C=O) groups is 1. The number of aryl methyl sites for hydroxylation is 2. The molecule has 4 rings (SSSR count). The predicted molar refractivity (Wildman–Crippen MR) is 103 cm³/mol. The lowest BCUT2D eigenvalue weighted by Crippen LogP contribution is -2.56. The van der Waals surface area contributed by atoms with E-state index in [1.165, 1.54) is 11.1 Å². The lowest BCUT2D eigenvalue weighted by Gasteiger charge is -2.48. The monoisotopic (exact) mass is 373 g/mol. The van der Waals surface area contributed by atoms with E-state index in [0.717, 1.165) is 45.3 Å². The van der Waals surface area contributed by atoms with E-state index in [-0.39, 0.29) is 17.7 Å².